The smallest absolute Gasteiger partial charge is 0.145 e. The Balaban J connectivity index is 1.34. The first-order valence-electron chi connectivity index (χ1n) is 14.5. The summed E-state index contributed by atoms with van der Waals surface area (Å²) >= 11 is 0. The van der Waals surface area contributed by atoms with Gasteiger partial charge in [-0.15, -0.1) is 0 Å². The van der Waals surface area contributed by atoms with E-state index in [0.717, 1.165) is 71.7 Å². The van der Waals surface area contributed by atoms with Crippen LogP contribution in [0.3, 0.4) is 0 Å². The van der Waals surface area contributed by atoms with Crippen LogP contribution >= 0.6 is 0 Å². The van der Waals surface area contributed by atoms with E-state index >= 15 is 0 Å². The highest BCUT2D eigenvalue weighted by Crippen LogP contribution is 2.46. The Bertz CT molecular complexity index is 2450. The fourth-order valence-corrected chi connectivity index (χ4v) is 6.43. The molecule has 0 aliphatic heterocycles. The van der Waals surface area contributed by atoms with E-state index in [0.29, 0.717) is 0 Å². The Morgan fingerprint density at radius 2 is 1.00 bits per heavy atom. The predicted octanol–water partition coefficient (Wildman–Crippen LogP) is 11.8. The van der Waals surface area contributed by atoms with Crippen molar-refractivity contribution in [2.75, 3.05) is 4.90 Å². The van der Waals surface area contributed by atoms with Crippen molar-refractivity contribution in [2.24, 2.45) is 0 Å². The molecule has 3 nitrogen and oxygen atoms in total. The Hall–Kier alpha value is -5.80. The van der Waals surface area contributed by atoms with E-state index in [-0.39, 0.29) is 0 Å². The van der Waals surface area contributed by atoms with Crippen molar-refractivity contribution in [1.29, 1.82) is 0 Å². The van der Waals surface area contributed by atoms with Crippen molar-refractivity contribution in [3.05, 3.63) is 152 Å². The molecule has 0 unspecified atom stereocenters. The largest absolute Gasteiger partial charge is 0.456 e. The van der Waals surface area contributed by atoms with Crippen LogP contribution in [0.5, 0.6) is 0 Å². The second-order valence-electron chi connectivity index (χ2n) is 10.9. The number of para-hydroxylation sites is 2. The van der Waals surface area contributed by atoms with Gasteiger partial charge in [0, 0.05) is 39.0 Å². The van der Waals surface area contributed by atoms with Crippen LogP contribution in [0.4, 0.5) is 17.1 Å². The minimum absolute atomic E-state index is 0.860. The Morgan fingerprint density at radius 3 is 1.81 bits per heavy atom. The molecule has 0 aliphatic carbocycles. The summed E-state index contributed by atoms with van der Waals surface area (Å²) in [6.07, 6.45) is 0. The average molecular weight is 552 g/mol. The highest BCUT2D eigenvalue weighted by Gasteiger charge is 2.22. The van der Waals surface area contributed by atoms with E-state index in [1.54, 1.807) is 0 Å². The molecule has 0 bridgehead atoms. The lowest BCUT2D eigenvalue weighted by Gasteiger charge is -2.27. The fourth-order valence-electron chi connectivity index (χ4n) is 6.43. The lowest BCUT2D eigenvalue weighted by Crippen LogP contribution is -2.10. The lowest BCUT2D eigenvalue weighted by molar-refractivity contribution is 0.669. The Morgan fingerprint density at radius 1 is 0.395 bits per heavy atom. The summed E-state index contributed by atoms with van der Waals surface area (Å²) in [5.74, 6) is 0. The van der Waals surface area contributed by atoms with Gasteiger partial charge in [0.1, 0.15) is 22.3 Å². The highest BCUT2D eigenvalue weighted by atomic mass is 16.3. The van der Waals surface area contributed by atoms with E-state index in [4.69, 9.17) is 8.83 Å². The van der Waals surface area contributed by atoms with Crippen LogP contribution in [0.25, 0.3) is 65.8 Å². The molecule has 43 heavy (non-hydrogen) atoms. The van der Waals surface area contributed by atoms with Crippen LogP contribution in [0.2, 0.25) is 0 Å². The molecular formula is C40H25NO2. The Kier molecular flexibility index (Phi) is 5.20. The van der Waals surface area contributed by atoms with E-state index in [1.807, 2.05) is 30.3 Å². The number of nitrogens with zero attached hydrogens (tertiary/aromatic N) is 1. The van der Waals surface area contributed by atoms with Crippen molar-refractivity contribution in [3.8, 4) is 11.1 Å². The van der Waals surface area contributed by atoms with Gasteiger partial charge in [0.25, 0.3) is 0 Å². The summed E-state index contributed by atoms with van der Waals surface area (Å²) in [5, 5.41) is 6.64. The van der Waals surface area contributed by atoms with Gasteiger partial charge in [0.05, 0.1) is 11.1 Å². The molecule has 7 aromatic carbocycles. The topological polar surface area (TPSA) is 29.5 Å². The first kappa shape index (κ1) is 23.9. The van der Waals surface area contributed by atoms with E-state index in [1.165, 1.54) is 11.1 Å². The third kappa shape index (κ3) is 3.75. The number of fused-ring (bicyclic) bond motifs is 8. The standard InChI is InChI=1S/C40H25NO2/c1-2-10-26(11-3-1)27-18-20-29(21-19-27)41(30-22-23-33-32-14-6-8-16-36(32)42-38(33)25-30)35-24-28-12-4-5-13-31(28)40-39(35)34-15-7-9-17-37(34)43-40/h1-25H. The van der Waals surface area contributed by atoms with E-state index in [2.05, 4.69) is 126 Å². The van der Waals surface area contributed by atoms with Gasteiger partial charge in [-0.05, 0) is 59.0 Å². The summed E-state index contributed by atoms with van der Waals surface area (Å²) in [6.45, 7) is 0. The second-order valence-corrected chi connectivity index (χ2v) is 10.9. The average Bonchev–Trinajstić information content (AvgIpc) is 3.64. The highest BCUT2D eigenvalue weighted by molar-refractivity contribution is 6.22. The Labute approximate surface area is 247 Å². The van der Waals surface area contributed by atoms with Crippen LogP contribution in [-0.4, -0.2) is 0 Å². The number of hydrogen-bond acceptors (Lipinski definition) is 3. The third-order valence-electron chi connectivity index (χ3n) is 8.44. The minimum Gasteiger partial charge on any atom is -0.456 e. The molecule has 0 fully saturated rings. The normalized spacial score (nSPS) is 11.7. The van der Waals surface area contributed by atoms with Gasteiger partial charge in [0.15, 0.2) is 0 Å². The van der Waals surface area contributed by atoms with Gasteiger partial charge in [0.2, 0.25) is 0 Å². The molecule has 2 heterocycles. The number of furan rings is 2. The van der Waals surface area contributed by atoms with Crippen molar-refractivity contribution < 1.29 is 8.83 Å². The van der Waals surface area contributed by atoms with Crippen LogP contribution in [0.1, 0.15) is 0 Å². The van der Waals surface area contributed by atoms with Gasteiger partial charge >= 0.3 is 0 Å². The van der Waals surface area contributed by atoms with E-state index < -0.39 is 0 Å². The summed E-state index contributed by atoms with van der Waals surface area (Å²) < 4.78 is 12.9. The first-order valence-corrected chi connectivity index (χ1v) is 14.5. The monoisotopic (exact) mass is 551 g/mol. The van der Waals surface area contributed by atoms with Gasteiger partial charge in [-0.2, -0.15) is 0 Å². The molecule has 0 saturated carbocycles. The van der Waals surface area contributed by atoms with Crippen molar-refractivity contribution in [3.63, 3.8) is 0 Å². The van der Waals surface area contributed by atoms with Crippen LogP contribution in [0.15, 0.2) is 160 Å². The summed E-state index contributed by atoms with van der Waals surface area (Å²) in [5.41, 5.74) is 9.01. The number of hydrogen-bond donors (Lipinski definition) is 0. The van der Waals surface area contributed by atoms with E-state index in [9.17, 15) is 0 Å². The number of benzene rings is 7. The quantitative estimate of drug-likeness (QED) is 0.218. The maximum absolute atomic E-state index is 6.57. The number of rotatable bonds is 4. The SMILES string of the molecule is c1ccc(-c2ccc(N(c3ccc4c(c3)oc3ccccc34)c3cc4ccccc4c4oc5ccccc5c34)cc2)cc1. The van der Waals surface area contributed by atoms with Crippen molar-refractivity contribution in [1.82, 2.24) is 0 Å². The molecule has 0 N–H and O–H groups in total. The summed E-state index contributed by atoms with van der Waals surface area (Å²) in [6, 6.07) is 53.1. The van der Waals surface area contributed by atoms with Crippen LogP contribution in [-0.2, 0) is 0 Å². The molecule has 0 aliphatic rings. The summed E-state index contributed by atoms with van der Waals surface area (Å²) in [4.78, 5) is 2.33. The zero-order valence-electron chi connectivity index (χ0n) is 23.2. The zero-order valence-corrected chi connectivity index (χ0v) is 23.2. The predicted molar refractivity (Wildman–Crippen MR) is 179 cm³/mol. The minimum atomic E-state index is 0.860. The molecular weight excluding hydrogens is 526 g/mol. The first-order chi connectivity index (χ1) is 21.3. The molecule has 0 amide bonds. The maximum Gasteiger partial charge on any atom is 0.145 e. The molecule has 0 spiro atoms. The molecule has 0 saturated heterocycles. The van der Waals surface area contributed by atoms with Crippen LogP contribution < -0.4 is 4.90 Å². The molecule has 9 aromatic rings. The fraction of sp³-hybridized carbons (Fsp3) is 0. The van der Waals surface area contributed by atoms with Gasteiger partial charge in [-0.1, -0.05) is 103 Å². The van der Waals surface area contributed by atoms with Crippen molar-refractivity contribution in [2.45, 2.75) is 0 Å². The van der Waals surface area contributed by atoms with Crippen molar-refractivity contribution >= 4 is 71.7 Å². The van der Waals surface area contributed by atoms with Gasteiger partial charge in [-0.3, -0.25) is 0 Å². The molecule has 202 valence electrons. The molecule has 0 radical (unpaired) electrons. The lowest BCUT2D eigenvalue weighted by atomic mass is 10.0. The second kappa shape index (κ2) is 9.37. The summed E-state index contributed by atoms with van der Waals surface area (Å²) in [7, 11) is 0. The maximum atomic E-state index is 6.57. The molecule has 9 rings (SSSR count). The van der Waals surface area contributed by atoms with Crippen LogP contribution in [0, 0.1) is 0 Å². The molecule has 0 atom stereocenters. The van der Waals surface area contributed by atoms with Gasteiger partial charge in [-0.25, -0.2) is 0 Å². The molecule has 3 heteroatoms. The zero-order chi connectivity index (χ0) is 28.3. The van der Waals surface area contributed by atoms with Gasteiger partial charge < -0.3 is 13.7 Å². The molecule has 2 aromatic heterocycles. The third-order valence-corrected chi connectivity index (χ3v) is 8.44. The number of anilines is 3.